The van der Waals surface area contributed by atoms with E-state index >= 15 is 0 Å². The van der Waals surface area contributed by atoms with E-state index in [0.29, 0.717) is 13.1 Å². The summed E-state index contributed by atoms with van der Waals surface area (Å²) < 4.78 is 0. The number of nitrogens with zero attached hydrogens (tertiary/aromatic N) is 3. The molecule has 6 heteroatoms. The van der Waals surface area contributed by atoms with E-state index in [0.717, 1.165) is 54.9 Å². The number of likely N-dealkylation sites (tertiary alicyclic amines) is 1. The first-order valence-electron chi connectivity index (χ1n) is 8.95. The number of rotatable bonds is 2. The number of nitrogens with one attached hydrogen (secondary N) is 1. The molecule has 3 heterocycles. The number of carbonyl (C=O) groups excluding carboxylic acids is 1. The van der Waals surface area contributed by atoms with Gasteiger partial charge in [-0.2, -0.15) is 0 Å². The van der Waals surface area contributed by atoms with Crippen LogP contribution in [0.5, 0.6) is 0 Å². The first-order chi connectivity index (χ1) is 12.1. The van der Waals surface area contributed by atoms with Crippen LogP contribution < -0.4 is 5.56 Å². The van der Waals surface area contributed by atoms with Crippen LogP contribution in [-0.2, 0) is 12.8 Å². The van der Waals surface area contributed by atoms with Crippen molar-refractivity contribution in [2.45, 2.75) is 44.9 Å². The molecule has 2 aromatic rings. The van der Waals surface area contributed by atoms with Crippen LogP contribution in [-0.4, -0.2) is 38.8 Å². The predicted octanol–water partition coefficient (Wildman–Crippen LogP) is 1.98. The van der Waals surface area contributed by atoms with Crippen LogP contribution in [0.4, 0.5) is 0 Å². The normalized spacial score (nSPS) is 19.7. The number of hydrogen-bond donors (Lipinski definition) is 1. The Labute approximate surface area is 146 Å². The minimum Gasteiger partial charge on any atom is -0.338 e. The third kappa shape index (κ3) is 3.08. The fourth-order valence-electron chi connectivity index (χ4n) is 3.82. The van der Waals surface area contributed by atoms with Crippen LogP contribution >= 0.6 is 0 Å². The van der Waals surface area contributed by atoms with Crippen molar-refractivity contribution in [3.05, 3.63) is 57.0 Å². The molecule has 1 N–H and O–H groups in total. The lowest BCUT2D eigenvalue weighted by atomic mass is 9.95. The van der Waals surface area contributed by atoms with E-state index in [2.05, 4.69) is 15.0 Å². The molecule has 130 valence electrons. The van der Waals surface area contributed by atoms with Crippen LogP contribution in [0.3, 0.4) is 0 Å². The van der Waals surface area contributed by atoms with E-state index in [1.54, 1.807) is 11.1 Å². The van der Waals surface area contributed by atoms with E-state index in [4.69, 9.17) is 0 Å². The van der Waals surface area contributed by atoms with E-state index in [9.17, 15) is 9.59 Å². The maximum atomic E-state index is 12.9. The van der Waals surface area contributed by atoms with Crippen molar-refractivity contribution in [1.29, 1.82) is 0 Å². The summed E-state index contributed by atoms with van der Waals surface area (Å²) in [6, 6.07) is 3.68. The molecule has 4 rings (SSSR count). The standard InChI is InChI=1S/C19H22N4O2/c1-12-6-8-20-17(21-12)14-7-9-23(11-14)19(25)15-10-13-4-2-3-5-16(13)22-18(15)24/h6,8,10,14H,2-5,7,9,11H2,1H3,(H,22,24)/t14-/m0/s1. The van der Waals surface area contributed by atoms with Gasteiger partial charge in [0, 0.05) is 36.6 Å². The zero-order valence-corrected chi connectivity index (χ0v) is 14.4. The third-order valence-electron chi connectivity index (χ3n) is 5.22. The molecule has 1 amide bonds. The molecule has 0 spiro atoms. The minimum atomic E-state index is -0.263. The summed E-state index contributed by atoms with van der Waals surface area (Å²) in [7, 11) is 0. The van der Waals surface area contributed by atoms with Crippen molar-refractivity contribution in [3.63, 3.8) is 0 Å². The Balaban J connectivity index is 1.55. The summed E-state index contributed by atoms with van der Waals surface area (Å²) in [6.07, 6.45) is 6.64. The van der Waals surface area contributed by atoms with Gasteiger partial charge in [0.25, 0.3) is 11.5 Å². The fourth-order valence-corrected chi connectivity index (χ4v) is 3.82. The Kier molecular flexibility index (Phi) is 4.11. The Morgan fingerprint density at radius 2 is 2.16 bits per heavy atom. The lowest BCUT2D eigenvalue weighted by Gasteiger charge is -2.19. The lowest BCUT2D eigenvalue weighted by Crippen LogP contribution is -2.34. The maximum absolute atomic E-state index is 12.9. The molecule has 6 nitrogen and oxygen atoms in total. The molecule has 2 aromatic heterocycles. The number of aryl methyl sites for hydroxylation is 3. The molecule has 1 atom stereocenters. The molecule has 0 saturated carbocycles. The average molecular weight is 338 g/mol. The van der Waals surface area contributed by atoms with Gasteiger partial charge in [-0.15, -0.1) is 0 Å². The zero-order chi connectivity index (χ0) is 17.4. The number of H-pyrrole nitrogens is 1. The van der Waals surface area contributed by atoms with Crippen molar-refractivity contribution in [3.8, 4) is 0 Å². The highest BCUT2D eigenvalue weighted by molar-refractivity contribution is 5.94. The average Bonchev–Trinajstić information content (AvgIpc) is 3.11. The summed E-state index contributed by atoms with van der Waals surface area (Å²) in [4.78, 5) is 38.7. The van der Waals surface area contributed by atoms with Gasteiger partial charge in [0.1, 0.15) is 11.4 Å². The number of carbonyl (C=O) groups is 1. The van der Waals surface area contributed by atoms with E-state index < -0.39 is 0 Å². The number of hydrogen-bond acceptors (Lipinski definition) is 4. The summed E-state index contributed by atoms with van der Waals surface area (Å²) in [6.45, 7) is 3.14. The molecule has 0 bridgehead atoms. The van der Waals surface area contributed by atoms with Gasteiger partial charge in [0.2, 0.25) is 0 Å². The summed E-state index contributed by atoms with van der Waals surface area (Å²) in [5.74, 6) is 0.750. The monoisotopic (exact) mass is 338 g/mol. The van der Waals surface area contributed by atoms with Crippen molar-refractivity contribution < 1.29 is 4.79 Å². The van der Waals surface area contributed by atoms with Gasteiger partial charge in [-0.05, 0) is 56.7 Å². The van der Waals surface area contributed by atoms with Crippen molar-refractivity contribution in [2.24, 2.45) is 0 Å². The van der Waals surface area contributed by atoms with Crippen molar-refractivity contribution in [1.82, 2.24) is 19.9 Å². The maximum Gasteiger partial charge on any atom is 0.261 e. The van der Waals surface area contributed by atoms with Crippen LogP contribution in [0.25, 0.3) is 0 Å². The molecular weight excluding hydrogens is 316 g/mol. The number of amides is 1. The summed E-state index contributed by atoms with van der Waals surface area (Å²) in [5, 5.41) is 0. The van der Waals surface area contributed by atoms with Crippen LogP contribution in [0.1, 0.15) is 58.3 Å². The Morgan fingerprint density at radius 1 is 1.32 bits per heavy atom. The topological polar surface area (TPSA) is 79.0 Å². The van der Waals surface area contributed by atoms with Crippen LogP contribution in [0.15, 0.2) is 23.1 Å². The lowest BCUT2D eigenvalue weighted by molar-refractivity contribution is 0.0788. The molecule has 2 aliphatic rings. The highest BCUT2D eigenvalue weighted by atomic mass is 16.2. The van der Waals surface area contributed by atoms with Crippen molar-refractivity contribution >= 4 is 5.91 Å². The predicted molar refractivity (Wildman–Crippen MR) is 93.7 cm³/mol. The molecule has 1 aliphatic heterocycles. The molecule has 0 radical (unpaired) electrons. The quantitative estimate of drug-likeness (QED) is 0.908. The molecule has 25 heavy (non-hydrogen) atoms. The first kappa shape index (κ1) is 16.0. The third-order valence-corrected chi connectivity index (χ3v) is 5.22. The van der Waals surface area contributed by atoms with Gasteiger partial charge in [0.05, 0.1) is 0 Å². The summed E-state index contributed by atoms with van der Waals surface area (Å²) in [5.41, 5.74) is 3.06. The largest absolute Gasteiger partial charge is 0.338 e. The number of aromatic amines is 1. The van der Waals surface area contributed by atoms with E-state index in [-0.39, 0.29) is 22.9 Å². The highest BCUT2D eigenvalue weighted by Gasteiger charge is 2.31. The molecule has 0 aromatic carbocycles. The second-order valence-corrected chi connectivity index (χ2v) is 7.02. The molecular formula is C19H22N4O2. The Morgan fingerprint density at radius 3 is 3.00 bits per heavy atom. The summed E-state index contributed by atoms with van der Waals surface area (Å²) >= 11 is 0. The second-order valence-electron chi connectivity index (χ2n) is 7.02. The van der Waals surface area contributed by atoms with Gasteiger partial charge >= 0.3 is 0 Å². The number of fused-ring (bicyclic) bond motifs is 1. The Bertz CT molecular complexity index is 874. The fraction of sp³-hybridized carbons (Fsp3) is 0.474. The van der Waals surface area contributed by atoms with Crippen LogP contribution in [0, 0.1) is 6.92 Å². The second kappa shape index (κ2) is 6.43. The highest BCUT2D eigenvalue weighted by Crippen LogP contribution is 2.26. The van der Waals surface area contributed by atoms with E-state index in [1.807, 2.05) is 19.1 Å². The van der Waals surface area contributed by atoms with Gasteiger partial charge in [-0.3, -0.25) is 9.59 Å². The Hall–Kier alpha value is -2.50. The molecule has 1 saturated heterocycles. The smallest absolute Gasteiger partial charge is 0.261 e. The van der Waals surface area contributed by atoms with Gasteiger partial charge in [-0.1, -0.05) is 0 Å². The van der Waals surface area contributed by atoms with E-state index in [1.165, 1.54) is 0 Å². The molecule has 1 fully saturated rings. The molecule has 0 unspecified atom stereocenters. The van der Waals surface area contributed by atoms with Gasteiger partial charge < -0.3 is 9.88 Å². The van der Waals surface area contributed by atoms with Gasteiger partial charge in [-0.25, -0.2) is 9.97 Å². The zero-order valence-electron chi connectivity index (χ0n) is 14.4. The van der Waals surface area contributed by atoms with Crippen LogP contribution in [0.2, 0.25) is 0 Å². The first-order valence-corrected chi connectivity index (χ1v) is 8.95. The molecule has 1 aliphatic carbocycles. The number of pyridine rings is 1. The SMILES string of the molecule is Cc1ccnc([C@H]2CCN(C(=O)c3cc4c([nH]c3=O)CCCC4)C2)n1. The minimum absolute atomic E-state index is 0.139. The van der Waals surface area contributed by atoms with Crippen molar-refractivity contribution in [2.75, 3.05) is 13.1 Å². The number of aromatic nitrogens is 3. The van der Waals surface area contributed by atoms with Gasteiger partial charge in [0.15, 0.2) is 0 Å².